The van der Waals surface area contributed by atoms with Crippen molar-refractivity contribution >= 4 is 15.7 Å². The third-order valence-electron chi connectivity index (χ3n) is 3.91. The molecule has 1 heterocycles. The Morgan fingerprint density at radius 1 is 1.16 bits per heavy atom. The second-order valence-corrected chi connectivity index (χ2v) is 8.21. The number of anilines is 1. The van der Waals surface area contributed by atoms with E-state index in [1.165, 1.54) is 12.5 Å². The largest absolute Gasteiger partial charge is 0.493 e. The number of aromatic nitrogens is 2. The van der Waals surface area contributed by atoms with Gasteiger partial charge in [-0.2, -0.15) is 0 Å². The highest BCUT2D eigenvalue weighted by Crippen LogP contribution is 2.23. The zero-order valence-electron chi connectivity index (χ0n) is 15.4. The number of hydrogen-bond donors (Lipinski definition) is 0. The van der Waals surface area contributed by atoms with E-state index in [1.54, 1.807) is 6.92 Å². The van der Waals surface area contributed by atoms with Gasteiger partial charge in [0, 0.05) is 19.8 Å². The Bertz CT molecular complexity index is 830. The third-order valence-corrected chi connectivity index (χ3v) is 5.00. The Morgan fingerprint density at radius 2 is 1.80 bits per heavy atom. The van der Waals surface area contributed by atoms with Crippen molar-refractivity contribution in [2.75, 3.05) is 31.4 Å². The zero-order valence-corrected chi connectivity index (χ0v) is 16.2. The van der Waals surface area contributed by atoms with Crippen LogP contribution >= 0.6 is 0 Å². The fourth-order valence-corrected chi connectivity index (χ4v) is 3.37. The second-order valence-electron chi connectivity index (χ2n) is 6.22. The predicted molar refractivity (Wildman–Crippen MR) is 99.2 cm³/mol. The molecule has 1 aromatic heterocycles. The fourth-order valence-electron chi connectivity index (χ4n) is 2.59. The highest BCUT2D eigenvalue weighted by atomic mass is 32.2. The molecule has 0 saturated heterocycles. The van der Waals surface area contributed by atoms with Crippen LogP contribution in [0.3, 0.4) is 0 Å². The minimum absolute atomic E-state index is 0.149. The van der Waals surface area contributed by atoms with Gasteiger partial charge in [0.05, 0.1) is 12.8 Å². The lowest BCUT2D eigenvalue weighted by molar-refractivity contribution is 0.308. The van der Waals surface area contributed by atoms with E-state index in [0.29, 0.717) is 24.8 Å². The van der Waals surface area contributed by atoms with Crippen LogP contribution in [0.25, 0.3) is 0 Å². The molecular weight excluding hydrogens is 338 g/mol. The summed E-state index contributed by atoms with van der Waals surface area (Å²) >= 11 is 0. The van der Waals surface area contributed by atoms with Crippen LogP contribution in [0.4, 0.5) is 5.82 Å². The van der Waals surface area contributed by atoms with Crippen LogP contribution in [0.15, 0.2) is 29.3 Å². The van der Waals surface area contributed by atoms with Crippen molar-refractivity contribution in [1.29, 1.82) is 0 Å². The van der Waals surface area contributed by atoms with Gasteiger partial charge in [-0.05, 0) is 38.3 Å². The van der Waals surface area contributed by atoms with Crippen molar-refractivity contribution in [3.8, 4) is 5.75 Å². The fraction of sp³-hybridized carbons (Fsp3) is 0.444. The quantitative estimate of drug-likeness (QED) is 0.704. The summed E-state index contributed by atoms with van der Waals surface area (Å²) in [5, 5.41) is 0. The van der Waals surface area contributed by atoms with Gasteiger partial charge in [0.2, 0.25) is 0 Å². The van der Waals surface area contributed by atoms with Crippen LogP contribution in [-0.2, 0) is 9.84 Å². The van der Waals surface area contributed by atoms with Gasteiger partial charge in [0.15, 0.2) is 15.7 Å². The van der Waals surface area contributed by atoms with E-state index in [2.05, 4.69) is 9.97 Å². The van der Waals surface area contributed by atoms with Crippen molar-refractivity contribution in [2.45, 2.75) is 32.1 Å². The van der Waals surface area contributed by atoms with E-state index in [9.17, 15) is 8.42 Å². The van der Waals surface area contributed by atoms with Crippen molar-refractivity contribution in [2.24, 2.45) is 0 Å². The van der Waals surface area contributed by atoms with Gasteiger partial charge in [-0.15, -0.1) is 0 Å². The number of para-hydroxylation sites is 1. The molecule has 0 unspecified atom stereocenters. The molecule has 2 rings (SSSR count). The average Bonchev–Trinajstić information content (AvgIpc) is 2.52. The summed E-state index contributed by atoms with van der Waals surface area (Å²) in [7, 11) is -1.55. The summed E-state index contributed by atoms with van der Waals surface area (Å²) in [5.41, 5.74) is 2.22. The minimum atomic E-state index is -3.38. The summed E-state index contributed by atoms with van der Waals surface area (Å²) < 4.78 is 29.8. The summed E-state index contributed by atoms with van der Waals surface area (Å²) in [6, 6.07) is 6.06. The molecule has 0 saturated carbocycles. The van der Waals surface area contributed by atoms with Gasteiger partial charge in [-0.1, -0.05) is 18.2 Å². The van der Waals surface area contributed by atoms with Gasteiger partial charge in [0.1, 0.15) is 16.5 Å². The first-order chi connectivity index (χ1) is 11.7. The monoisotopic (exact) mass is 363 g/mol. The van der Waals surface area contributed by atoms with Crippen LogP contribution in [0.5, 0.6) is 5.75 Å². The van der Waals surface area contributed by atoms with Crippen LogP contribution in [-0.4, -0.2) is 44.8 Å². The molecule has 1 aromatic carbocycles. The van der Waals surface area contributed by atoms with E-state index in [0.717, 1.165) is 23.3 Å². The van der Waals surface area contributed by atoms with Gasteiger partial charge < -0.3 is 9.64 Å². The maximum atomic E-state index is 11.9. The molecule has 0 aliphatic heterocycles. The standard InChI is InChI=1S/C18H25N3O3S/c1-13-8-6-9-14(2)17(13)24-11-7-10-21(4)18-16(25(5,22)23)12-19-15(3)20-18/h6,8-9,12H,7,10-11H2,1-5H3. The molecule has 0 amide bonds. The number of sulfone groups is 1. The van der Waals surface area contributed by atoms with Crippen LogP contribution in [0.2, 0.25) is 0 Å². The molecule has 7 heteroatoms. The molecule has 0 fully saturated rings. The molecular formula is C18H25N3O3S. The minimum Gasteiger partial charge on any atom is -0.493 e. The number of ether oxygens (including phenoxy) is 1. The van der Waals surface area contributed by atoms with Crippen LogP contribution < -0.4 is 9.64 Å². The summed E-state index contributed by atoms with van der Waals surface area (Å²) in [6.45, 7) is 6.97. The van der Waals surface area contributed by atoms with E-state index in [1.807, 2.05) is 44.0 Å². The maximum Gasteiger partial charge on any atom is 0.180 e. The first-order valence-corrected chi connectivity index (χ1v) is 10.0. The van der Waals surface area contributed by atoms with Crippen molar-refractivity contribution in [3.63, 3.8) is 0 Å². The maximum absolute atomic E-state index is 11.9. The highest BCUT2D eigenvalue weighted by molar-refractivity contribution is 7.90. The smallest absolute Gasteiger partial charge is 0.180 e. The Balaban J connectivity index is 2.02. The lowest BCUT2D eigenvalue weighted by Crippen LogP contribution is -2.24. The Labute approximate surface area is 149 Å². The molecule has 136 valence electrons. The van der Waals surface area contributed by atoms with Gasteiger partial charge in [-0.3, -0.25) is 0 Å². The average molecular weight is 363 g/mol. The van der Waals surface area contributed by atoms with Crippen LogP contribution in [0.1, 0.15) is 23.4 Å². The molecule has 0 spiro atoms. The zero-order chi connectivity index (χ0) is 18.6. The van der Waals surface area contributed by atoms with E-state index >= 15 is 0 Å². The van der Waals surface area contributed by atoms with E-state index < -0.39 is 9.84 Å². The molecule has 0 aliphatic carbocycles. The molecule has 0 bridgehead atoms. The molecule has 2 aromatic rings. The molecule has 0 N–H and O–H groups in total. The topological polar surface area (TPSA) is 72.4 Å². The van der Waals surface area contributed by atoms with Gasteiger partial charge in [-0.25, -0.2) is 18.4 Å². The molecule has 0 radical (unpaired) electrons. The molecule has 25 heavy (non-hydrogen) atoms. The van der Waals surface area contributed by atoms with Crippen molar-refractivity contribution in [1.82, 2.24) is 9.97 Å². The Morgan fingerprint density at radius 3 is 2.40 bits per heavy atom. The number of hydrogen-bond acceptors (Lipinski definition) is 6. The number of aryl methyl sites for hydroxylation is 3. The SMILES string of the molecule is Cc1ncc(S(C)(=O)=O)c(N(C)CCCOc2c(C)cccc2C)n1. The summed E-state index contributed by atoms with van der Waals surface area (Å²) in [4.78, 5) is 10.3. The number of rotatable bonds is 7. The van der Waals surface area contributed by atoms with Crippen LogP contribution in [0, 0.1) is 20.8 Å². The number of benzene rings is 1. The van der Waals surface area contributed by atoms with E-state index in [4.69, 9.17) is 4.74 Å². The number of nitrogens with zero attached hydrogens (tertiary/aromatic N) is 3. The summed E-state index contributed by atoms with van der Waals surface area (Å²) in [5.74, 6) is 1.89. The lowest BCUT2D eigenvalue weighted by Gasteiger charge is -2.21. The van der Waals surface area contributed by atoms with Gasteiger partial charge in [0.25, 0.3) is 0 Å². The molecule has 0 aliphatic rings. The highest BCUT2D eigenvalue weighted by Gasteiger charge is 2.18. The first-order valence-electron chi connectivity index (χ1n) is 8.14. The third kappa shape index (κ3) is 4.92. The molecule has 0 atom stereocenters. The van der Waals surface area contributed by atoms with Gasteiger partial charge >= 0.3 is 0 Å². The second kappa shape index (κ2) is 7.82. The predicted octanol–water partition coefficient (Wildman–Crippen LogP) is 2.71. The van der Waals surface area contributed by atoms with E-state index in [-0.39, 0.29) is 4.90 Å². The normalized spacial score (nSPS) is 11.4. The van der Waals surface area contributed by atoms with Crippen molar-refractivity contribution in [3.05, 3.63) is 41.3 Å². The lowest BCUT2D eigenvalue weighted by atomic mass is 10.1. The Hall–Kier alpha value is -2.15. The first kappa shape index (κ1) is 19.2. The van der Waals surface area contributed by atoms with Crippen molar-refractivity contribution < 1.29 is 13.2 Å². The Kier molecular flexibility index (Phi) is 6.00. The molecule has 6 nitrogen and oxygen atoms in total. The summed E-state index contributed by atoms with van der Waals surface area (Å²) in [6.07, 6.45) is 3.29.